The first-order valence-electron chi connectivity index (χ1n) is 5.15. The van der Waals surface area contributed by atoms with E-state index in [9.17, 15) is 4.79 Å². The molecule has 0 aromatic carbocycles. The van der Waals surface area contributed by atoms with Crippen molar-refractivity contribution >= 4 is 5.91 Å². The highest BCUT2D eigenvalue weighted by Gasteiger charge is 1.98. The number of rotatable bonds is 8. The van der Waals surface area contributed by atoms with Crippen molar-refractivity contribution in [1.82, 2.24) is 10.6 Å². The van der Waals surface area contributed by atoms with Gasteiger partial charge in [-0.25, -0.2) is 0 Å². The predicted molar refractivity (Wildman–Crippen MR) is 55.6 cm³/mol. The smallest absolute Gasteiger partial charge is 0.221 e. The van der Waals surface area contributed by atoms with Gasteiger partial charge in [0.15, 0.2) is 0 Å². The quantitative estimate of drug-likeness (QED) is 0.566. The van der Waals surface area contributed by atoms with Crippen LogP contribution in [-0.2, 0) is 4.79 Å². The summed E-state index contributed by atoms with van der Waals surface area (Å²) in [6.45, 7) is 4.34. The number of nitrogens with zero attached hydrogens (tertiary/aromatic N) is 1. The van der Waals surface area contributed by atoms with Crippen molar-refractivity contribution in [2.24, 2.45) is 0 Å². The summed E-state index contributed by atoms with van der Waals surface area (Å²) < 4.78 is 0. The monoisotopic (exact) mass is 197 g/mol. The first-order valence-corrected chi connectivity index (χ1v) is 5.15. The van der Waals surface area contributed by atoms with Crippen molar-refractivity contribution in [2.75, 3.05) is 19.6 Å². The maximum absolute atomic E-state index is 11.1. The SMILES string of the molecule is CCNCCC(=O)NCCCCC#N. The van der Waals surface area contributed by atoms with E-state index in [4.69, 9.17) is 5.26 Å². The van der Waals surface area contributed by atoms with Crippen LogP contribution in [0.3, 0.4) is 0 Å². The van der Waals surface area contributed by atoms with Crippen LogP contribution < -0.4 is 10.6 Å². The summed E-state index contributed by atoms with van der Waals surface area (Å²) in [5.41, 5.74) is 0. The number of carbonyl (C=O) groups excluding carboxylic acids is 1. The lowest BCUT2D eigenvalue weighted by molar-refractivity contribution is -0.120. The van der Waals surface area contributed by atoms with E-state index in [1.54, 1.807) is 0 Å². The number of nitrogens with one attached hydrogen (secondary N) is 2. The van der Waals surface area contributed by atoms with Crippen LogP contribution in [0.4, 0.5) is 0 Å². The Bertz CT molecular complexity index is 186. The second-order valence-electron chi connectivity index (χ2n) is 3.07. The molecule has 0 aliphatic rings. The molecular formula is C10H19N3O. The molecule has 14 heavy (non-hydrogen) atoms. The van der Waals surface area contributed by atoms with E-state index >= 15 is 0 Å². The minimum atomic E-state index is 0.0860. The van der Waals surface area contributed by atoms with Gasteiger partial charge in [0.1, 0.15) is 0 Å². The molecule has 0 spiro atoms. The molecule has 4 heteroatoms. The number of hydrogen-bond donors (Lipinski definition) is 2. The molecule has 0 aromatic rings. The van der Waals surface area contributed by atoms with Gasteiger partial charge in [0.05, 0.1) is 6.07 Å². The Hall–Kier alpha value is -1.08. The van der Waals surface area contributed by atoms with E-state index in [2.05, 4.69) is 16.7 Å². The summed E-state index contributed by atoms with van der Waals surface area (Å²) in [6, 6.07) is 2.08. The largest absolute Gasteiger partial charge is 0.356 e. The molecule has 2 N–H and O–H groups in total. The van der Waals surface area contributed by atoms with Crippen LogP contribution in [0.1, 0.15) is 32.6 Å². The van der Waals surface area contributed by atoms with Crippen LogP contribution in [0.15, 0.2) is 0 Å². The third-order valence-electron chi connectivity index (χ3n) is 1.82. The number of hydrogen-bond acceptors (Lipinski definition) is 3. The van der Waals surface area contributed by atoms with E-state index < -0.39 is 0 Å². The van der Waals surface area contributed by atoms with Gasteiger partial charge in [-0.2, -0.15) is 5.26 Å². The molecule has 0 saturated carbocycles. The Morgan fingerprint density at radius 1 is 1.36 bits per heavy atom. The third-order valence-corrected chi connectivity index (χ3v) is 1.82. The molecule has 0 saturated heterocycles. The van der Waals surface area contributed by atoms with Crippen molar-refractivity contribution < 1.29 is 4.79 Å². The van der Waals surface area contributed by atoms with Crippen molar-refractivity contribution in [3.8, 4) is 6.07 Å². The average molecular weight is 197 g/mol. The van der Waals surface area contributed by atoms with Crippen molar-refractivity contribution in [1.29, 1.82) is 5.26 Å². The highest BCUT2D eigenvalue weighted by Crippen LogP contribution is 1.91. The molecule has 0 fully saturated rings. The molecule has 0 unspecified atom stereocenters. The zero-order valence-corrected chi connectivity index (χ0v) is 8.81. The second kappa shape index (κ2) is 10.0. The number of carbonyl (C=O) groups is 1. The highest BCUT2D eigenvalue weighted by atomic mass is 16.1. The van der Waals surface area contributed by atoms with Crippen molar-refractivity contribution in [2.45, 2.75) is 32.6 Å². The summed E-state index contributed by atoms with van der Waals surface area (Å²) in [5, 5.41) is 14.2. The summed E-state index contributed by atoms with van der Waals surface area (Å²) in [6.07, 6.45) is 2.86. The lowest BCUT2D eigenvalue weighted by Gasteiger charge is -2.04. The second-order valence-corrected chi connectivity index (χ2v) is 3.07. The zero-order valence-electron chi connectivity index (χ0n) is 8.81. The van der Waals surface area contributed by atoms with Gasteiger partial charge in [-0.05, 0) is 19.4 Å². The van der Waals surface area contributed by atoms with E-state index in [0.29, 0.717) is 19.4 Å². The summed E-state index contributed by atoms with van der Waals surface area (Å²) in [4.78, 5) is 11.1. The van der Waals surface area contributed by atoms with Gasteiger partial charge < -0.3 is 10.6 Å². The van der Waals surface area contributed by atoms with Crippen LogP contribution >= 0.6 is 0 Å². The first kappa shape index (κ1) is 12.9. The first-order chi connectivity index (χ1) is 6.81. The van der Waals surface area contributed by atoms with Crippen molar-refractivity contribution in [3.05, 3.63) is 0 Å². The Balaban J connectivity index is 3.15. The normalized spacial score (nSPS) is 9.43. The lowest BCUT2D eigenvalue weighted by atomic mass is 10.2. The molecule has 0 rings (SSSR count). The number of unbranched alkanes of at least 4 members (excludes halogenated alkanes) is 2. The zero-order chi connectivity index (χ0) is 10.6. The van der Waals surface area contributed by atoms with E-state index in [-0.39, 0.29) is 5.91 Å². The summed E-state index contributed by atoms with van der Waals surface area (Å²) in [5.74, 6) is 0.0860. The Kier molecular flexibility index (Phi) is 9.23. The topological polar surface area (TPSA) is 64.9 Å². The number of amides is 1. The Labute approximate surface area is 85.7 Å². The standard InChI is InChI=1S/C10H19N3O/c1-2-12-9-6-10(14)13-8-5-3-4-7-11/h12H,2-6,8-9H2,1H3,(H,13,14). The maximum atomic E-state index is 11.1. The van der Waals surface area contributed by atoms with Gasteiger partial charge in [-0.15, -0.1) is 0 Å². The van der Waals surface area contributed by atoms with E-state index in [0.717, 1.165) is 25.9 Å². The highest BCUT2D eigenvalue weighted by molar-refractivity contribution is 5.75. The molecule has 0 bridgehead atoms. The van der Waals surface area contributed by atoms with Gasteiger partial charge in [0.2, 0.25) is 5.91 Å². The van der Waals surface area contributed by atoms with Crippen LogP contribution in [0.25, 0.3) is 0 Å². The Morgan fingerprint density at radius 3 is 2.79 bits per heavy atom. The molecule has 4 nitrogen and oxygen atoms in total. The fourth-order valence-corrected chi connectivity index (χ4v) is 1.02. The van der Waals surface area contributed by atoms with E-state index in [1.807, 2.05) is 6.92 Å². The minimum absolute atomic E-state index is 0.0860. The number of nitriles is 1. The van der Waals surface area contributed by atoms with Gasteiger partial charge >= 0.3 is 0 Å². The van der Waals surface area contributed by atoms with Crippen molar-refractivity contribution in [3.63, 3.8) is 0 Å². The predicted octanol–water partition coefficient (Wildman–Crippen LogP) is 0.796. The minimum Gasteiger partial charge on any atom is -0.356 e. The molecule has 0 aliphatic carbocycles. The molecule has 0 atom stereocenters. The molecule has 0 aromatic heterocycles. The van der Waals surface area contributed by atoms with Crippen LogP contribution in [-0.4, -0.2) is 25.5 Å². The molecule has 0 radical (unpaired) electrons. The summed E-state index contributed by atoms with van der Waals surface area (Å²) >= 11 is 0. The van der Waals surface area contributed by atoms with Crippen LogP contribution in [0.2, 0.25) is 0 Å². The van der Waals surface area contributed by atoms with Gasteiger partial charge in [0.25, 0.3) is 0 Å². The lowest BCUT2D eigenvalue weighted by Crippen LogP contribution is -2.28. The average Bonchev–Trinajstić information content (AvgIpc) is 2.18. The molecule has 80 valence electrons. The molecular weight excluding hydrogens is 178 g/mol. The van der Waals surface area contributed by atoms with Crippen LogP contribution in [0, 0.1) is 11.3 Å². The Morgan fingerprint density at radius 2 is 2.14 bits per heavy atom. The molecule has 0 heterocycles. The van der Waals surface area contributed by atoms with Gasteiger partial charge in [0, 0.05) is 25.9 Å². The summed E-state index contributed by atoms with van der Waals surface area (Å²) in [7, 11) is 0. The van der Waals surface area contributed by atoms with Crippen LogP contribution in [0.5, 0.6) is 0 Å². The fourth-order valence-electron chi connectivity index (χ4n) is 1.02. The maximum Gasteiger partial charge on any atom is 0.221 e. The molecule has 1 amide bonds. The third kappa shape index (κ3) is 9.01. The fraction of sp³-hybridized carbons (Fsp3) is 0.800. The van der Waals surface area contributed by atoms with Gasteiger partial charge in [-0.1, -0.05) is 6.92 Å². The van der Waals surface area contributed by atoms with Gasteiger partial charge in [-0.3, -0.25) is 4.79 Å². The molecule has 0 aliphatic heterocycles. The van der Waals surface area contributed by atoms with E-state index in [1.165, 1.54) is 0 Å².